The molecule has 0 amide bonds. The highest BCUT2D eigenvalue weighted by atomic mass is 79.9. The van der Waals surface area contributed by atoms with Crippen molar-refractivity contribution in [2.45, 2.75) is 44.4 Å². The Morgan fingerprint density at radius 2 is 2.18 bits per heavy atom. The van der Waals surface area contributed by atoms with Gasteiger partial charge in [-0.15, -0.1) is 24.8 Å². The van der Waals surface area contributed by atoms with Crippen molar-refractivity contribution in [2.75, 3.05) is 6.54 Å². The van der Waals surface area contributed by atoms with Gasteiger partial charge in [0, 0.05) is 12.6 Å². The molecule has 1 aliphatic rings. The van der Waals surface area contributed by atoms with Gasteiger partial charge in [0.2, 0.25) is 0 Å². The number of hydrogen-bond donors (Lipinski definition) is 2. The van der Waals surface area contributed by atoms with Gasteiger partial charge in [0.15, 0.2) is 0 Å². The van der Waals surface area contributed by atoms with E-state index < -0.39 is 0 Å². The van der Waals surface area contributed by atoms with Gasteiger partial charge in [-0.2, -0.15) is 0 Å². The first-order chi connectivity index (χ1) is 9.74. The number of piperidine rings is 1. The summed E-state index contributed by atoms with van der Waals surface area (Å²) in [5, 5.41) is 13.3. The van der Waals surface area contributed by atoms with Crippen LogP contribution in [-0.4, -0.2) is 38.3 Å². The van der Waals surface area contributed by atoms with Gasteiger partial charge in [-0.3, -0.25) is 0 Å². The van der Waals surface area contributed by atoms with Crippen LogP contribution in [0.3, 0.4) is 0 Å². The number of aryl methyl sites for hydroxylation is 1. The van der Waals surface area contributed by atoms with E-state index in [1.54, 1.807) is 6.20 Å². The molecule has 0 spiro atoms. The van der Waals surface area contributed by atoms with Gasteiger partial charge in [0.05, 0.1) is 24.1 Å². The van der Waals surface area contributed by atoms with Gasteiger partial charge in [-0.25, -0.2) is 9.97 Å². The highest BCUT2D eigenvalue weighted by Crippen LogP contribution is 2.18. The van der Waals surface area contributed by atoms with E-state index in [9.17, 15) is 5.11 Å². The fourth-order valence-corrected chi connectivity index (χ4v) is 3.15. The number of aliphatic hydroxyl groups is 1. The average Bonchev–Trinajstić information content (AvgIpc) is 2.83. The molecule has 0 aromatic carbocycles. The molecular weight excluding hydrogens is 391 g/mol. The van der Waals surface area contributed by atoms with E-state index in [0.29, 0.717) is 0 Å². The van der Waals surface area contributed by atoms with Gasteiger partial charge in [0.1, 0.15) is 10.1 Å². The summed E-state index contributed by atoms with van der Waals surface area (Å²) in [6, 6.07) is 2.24. The molecule has 0 aliphatic carbocycles. The van der Waals surface area contributed by atoms with E-state index in [1.807, 2.05) is 12.4 Å². The second kappa shape index (κ2) is 9.03. The monoisotopic (exact) mass is 410 g/mol. The maximum absolute atomic E-state index is 9.94. The second-order valence-corrected chi connectivity index (χ2v) is 6.16. The largest absolute Gasteiger partial charge is 0.392 e. The van der Waals surface area contributed by atoms with Gasteiger partial charge in [0.25, 0.3) is 0 Å². The SMILES string of the molecule is Cl.Cl.O[C@H]1CCCN[C@@H]1CCCn1cnc2cnc(Br)cc21. The Labute approximate surface area is 150 Å². The molecule has 0 radical (unpaired) electrons. The topological polar surface area (TPSA) is 63.0 Å². The Bertz CT molecular complexity index is 595. The minimum atomic E-state index is -0.193. The number of hydrogen-bond acceptors (Lipinski definition) is 4. The summed E-state index contributed by atoms with van der Waals surface area (Å²) in [5.41, 5.74) is 2.02. The van der Waals surface area contributed by atoms with Gasteiger partial charge < -0.3 is 15.0 Å². The van der Waals surface area contributed by atoms with Crippen LogP contribution < -0.4 is 5.32 Å². The summed E-state index contributed by atoms with van der Waals surface area (Å²) in [6.45, 7) is 1.94. The molecule has 22 heavy (non-hydrogen) atoms. The van der Waals surface area contributed by atoms with Gasteiger partial charge in [-0.05, 0) is 54.2 Å². The minimum Gasteiger partial charge on any atom is -0.392 e. The summed E-state index contributed by atoms with van der Waals surface area (Å²) < 4.78 is 2.98. The predicted octanol–water partition coefficient (Wildman–Crippen LogP) is 2.93. The molecule has 2 aromatic rings. The first-order valence-electron chi connectivity index (χ1n) is 7.12. The van der Waals surface area contributed by atoms with Crippen molar-refractivity contribution < 1.29 is 5.11 Å². The van der Waals surface area contributed by atoms with Gasteiger partial charge >= 0.3 is 0 Å². The van der Waals surface area contributed by atoms with Crippen LogP contribution in [0.5, 0.6) is 0 Å². The van der Waals surface area contributed by atoms with Crippen LogP contribution in [0.1, 0.15) is 25.7 Å². The van der Waals surface area contributed by atoms with Crippen molar-refractivity contribution in [3.05, 3.63) is 23.2 Å². The lowest BCUT2D eigenvalue weighted by molar-refractivity contribution is 0.0909. The van der Waals surface area contributed by atoms with Crippen molar-refractivity contribution in [3.63, 3.8) is 0 Å². The Balaban J connectivity index is 0.00000121. The number of halogens is 3. The lowest BCUT2D eigenvalue weighted by Crippen LogP contribution is -2.44. The molecule has 5 nitrogen and oxygen atoms in total. The summed E-state index contributed by atoms with van der Waals surface area (Å²) in [6.07, 6.45) is 7.47. The third-order valence-corrected chi connectivity index (χ3v) is 4.37. The van der Waals surface area contributed by atoms with E-state index >= 15 is 0 Å². The lowest BCUT2D eigenvalue weighted by Gasteiger charge is -2.29. The minimum absolute atomic E-state index is 0. The molecule has 1 saturated heterocycles. The highest BCUT2D eigenvalue weighted by molar-refractivity contribution is 9.10. The van der Waals surface area contributed by atoms with Gasteiger partial charge in [-0.1, -0.05) is 0 Å². The number of rotatable bonds is 4. The number of nitrogens with zero attached hydrogens (tertiary/aromatic N) is 3. The third-order valence-electron chi connectivity index (χ3n) is 3.94. The molecule has 1 fully saturated rings. The van der Waals surface area contributed by atoms with E-state index in [0.717, 1.165) is 54.4 Å². The van der Waals surface area contributed by atoms with E-state index in [2.05, 4.69) is 35.8 Å². The number of nitrogens with one attached hydrogen (secondary N) is 1. The number of pyridine rings is 1. The average molecular weight is 412 g/mol. The third kappa shape index (κ3) is 4.55. The summed E-state index contributed by atoms with van der Waals surface area (Å²) in [5.74, 6) is 0. The van der Waals surface area contributed by atoms with E-state index in [-0.39, 0.29) is 37.0 Å². The Morgan fingerprint density at radius 1 is 1.36 bits per heavy atom. The molecular formula is C14H21BrCl2N4O. The number of fused-ring (bicyclic) bond motifs is 1. The quantitative estimate of drug-likeness (QED) is 0.759. The molecule has 124 valence electrons. The number of aromatic nitrogens is 3. The maximum atomic E-state index is 9.94. The first-order valence-corrected chi connectivity index (χ1v) is 7.91. The Hall–Kier alpha value is -0.400. The van der Waals surface area contributed by atoms with Crippen molar-refractivity contribution in [1.82, 2.24) is 19.9 Å². The number of imidazole rings is 1. The smallest absolute Gasteiger partial charge is 0.108 e. The zero-order chi connectivity index (χ0) is 13.9. The van der Waals surface area contributed by atoms with Crippen molar-refractivity contribution in [3.8, 4) is 0 Å². The Morgan fingerprint density at radius 3 is 2.95 bits per heavy atom. The van der Waals surface area contributed by atoms with Crippen LogP contribution in [0.25, 0.3) is 11.0 Å². The zero-order valence-corrected chi connectivity index (χ0v) is 15.3. The van der Waals surface area contributed by atoms with Crippen LogP contribution >= 0.6 is 40.7 Å². The molecule has 0 bridgehead atoms. The molecule has 2 N–H and O–H groups in total. The highest BCUT2D eigenvalue weighted by Gasteiger charge is 2.21. The van der Waals surface area contributed by atoms with E-state index in [1.165, 1.54) is 0 Å². The zero-order valence-electron chi connectivity index (χ0n) is 12.1. The molecule has 3 heterocycles. The predicted molar refractivity (Wildman–Crippen MR) is 96.0 cm³/mol. The van der Waals surface area contributed by atoms with Crippen LogP contribution in [-0.2, 0) is 6.54 Å². The standard InChI is InChI=1S/C14H19BrN4O.2ClH/c15-14-7-12-11(8-17-14)18-9-19(12)6-2-3-10-13(20)4-1-5-16-10;;/h7-10,13,16,20H,1-6H2;2*1H/t10-,13+;;/m1../s1. The molecule has 3 rings (SSSR count). The van der Waals surface area contributed by atoms with Crippen molar-refractivity contribution in [2.24, 2.45) is 0 Å². The molecule has 2 aromatic heterocycles. The van der Waals surface area contributed by atoms with Crippen LogP contribution in [0.4, 0.5) is 0 Å². The van der Waals surface area contributed by atoms with E-state index in [4.69, 9.17) is 0 Å². The van der Waals surface area contributed by atoms with Crippen molar-refractivity contribution in [1.29, 1.82) is 0 Å². The van der Waals surface area contributed by atoms with Crippen LogP contribution in [0.2, 0.25) is 0 Å². The fraction of sp³-hybridized carbons (Fsp3) is 0.571. The Kier molecular flexibility index (Phi) is 8.07. The fourth-order valence-electron chi connectivity index (χ4n) is 2.83. The summed E-state index contributed by atoms with van der Waals surface area (Å²) in [4.78, 5) is 8.54. The normalized spacial score (nSPS) is 21.2. The molecule has 1 aliphatic heterocycles. The maximum Gasteiger partial charge on any atom is 0.108 e. The molecule has 8 heteroatoms. The summed E-state index contributed by atoms with van der Waals surface area (Å²) in [7, 11) is 0. The molecule has 0 saturated carbocycles. The van der Waals surface area contributed by atoms with Crippen LogP contribution in [0, 0.1) is 0 Å². The second-order valence-electron chi connectivity index (χ2n) is 5.35. The lowest BCUT2D eigenvalue weighted by atomic mass is 9.97. The molecule has 0 unspecified atom stereocenters. The molecule has 2 atom stereocenters. The number of aliphatic hydroxyl groups excluding tert-OH is 1. The summed E-state index contributed by atoms with van der Waals surface area (Å²) >= 11 is 3.39. The van der Waals surface area contributed by atoms with Crippen LogP contribution in [0.15, 0.2) is 23.2 Å². The first kappa shape index (κ1) is 19.6. The van der Waals surface area contributed by atoms with Crippen molar-refractivity contribution >= 4 is 51.8 Å².